The van der Waals surface area contributed by atoms with Crippen molar-refractivity contribution in [3.8, 4) is 11.3 Å². The molecule has 1 unspecified atom stereocenters. The molecule has 1 atom stereocenters. The second kappa shape index (κ2) is 7.64. The van der Waals surface area contributed by atoms with Crippen LogP contribution in [0.1, 0.15) is 52.8 Å². The van der Waals surface area contributed by atoms with Gasteiger partial charge < -0.3 is 4.74 Å². The number of carbonyl (C=O) groups is 3. The van der Waals surface area contributed by atoms with Gasteiger partial charge in [0.2, 0.25) is 5.91 Å². The van der Waals surface area contributed by atoms with Gasteiger partial charge in [-0.3, -0.25) is 14.9 Å². The van der Waals surface area contributed by atoms with E-state index in [9.17, 15) is 14.4 Å². The van der Waals surface area contributed by atoms with Crippen LogP contribution < -0.4 is 5.32 Å². The number of nitrogens with one attached hydrogen (secondary N) is 1. The minimum absolute atomic E-state index is 0.0505. The van der Waals surface area contributed by atoms with Crippen molar-refractivity contribution >= 4 is 40.2 Å². The van der Waals surface area contributed by atoms with Gasteiger partial charge in [-0.2, -0.15) is 5.10 Å². The number of nitrogens with zero attached hydrogens (tertiary/aromatic N) is 3. The summed E-state index contributed by atoms with van der Waals surface area (Å²) in [7, 11) is 0. The van der Waals surface area contributed by atoms with Gasteiger partial charge in [0.15, 0.2) is 11.8 Å². The van der Waals surface area contributed by atoms with Gasteiger partial charge >= 0.3 is 5.97 Å². The number of esters is 1. The summed E-state index contributed by atoms with van der Waals surface area (Å²) in [4.78, 5) is 43.5. The molecule has 0 radical (unpaired) electrons. The molecule has 8 nitrogen and oxygen atoms in total. The SMILES string of the molecule is Cc1cc(-c2cc(C(=O)OC3CCC(=O)NC3=O)c3cnn(C(C)C)c3n2)c(C)s1. The van der Waals surface area contributed by atoms with E-state index in [0.29, 0.717) is 22.3 Å². The summed E-state index contributed by atoms with van der Waals surface area (Å²) in [6, 6.07) is 3.78. The van der Waals surface area contributed by atoms with E-state index in [2.05, 4.69) is 10.4 Å². The fraction of sp³-hybridized carbons (Fsp3) is 0.381. The topological polar surface area (TPSA) is 103 Å². The number of carbonyl (C=O) groups excluding carboxylic acids is 3. The molecule has 9 heteroatoms. The highest BCUT2D eigenvalue weighted by Crippen LogP contribution is 2.33. The molecule has 1 aliphatic rings. The number of hydrogen-bond acceptors (Lipinski definition) is 7. The lowest BCUT2D eigenvalue weighted by Gasteiger charge is -2.21. The van der Waals surface area contributed by atoms with Crippen molar-refractivity contribution in [1.82, 2.24) is 20.1 Å². The van der Waals surface area contributed by atoms with Crippen LogP contribution in [0.5, 0.6) is 0 Å². The maximum Gasteiger partial charge on any atom is 0.339 e. The molecule has 0 spiro atoms. The molecule has 1 fully saturated rings. The minimum atomic E-state index is -0.993. The first kappa shape index (κ1) is 20.2. The lowest BCUT2D eigenvalue weighted by Crippen LogP contribution is -2.45. The number of piperidine rings is 1. The zero-order valence-electron chi connectivity index (χ0n) is 17.2. The Morgan fingerprint density at radius 3 is 2.70 bits per heavy atom. The molecule has 156 valence electrons. The summed E-state index contributed by atoms with van der Waals surface area (Å²) in [5.41, 5.74) is 2.49. The Labute approximate surface area is 177 Å². The zero-order valence-corrected chi connectivity index (χ0v) is 18.0. The molecule has 3 aromatic rings. The van der Waals surface area contributed by atoms with Crippen LogP contribution in [0.15, 0.2) is 18.3 Å². The van der Waals surface area contributed by atoms with Crippen molar-refractivity contribution in [2.45, 2.75) is 52.7 Å². The Balaban J connectivity index is 1.79. The number of ether oxygens (including phenoxy) is 1. The molecule has 4 heterocycles. The molecule has 30 heavy (non-hydrogen) atoms. The second-order valence-corrected chi connectivity index (χ2v) is 9.11. The smallest absolute Gasteiger partial charge is 0.339 e. The van der Waals surface area contributed by atoms with Crippen LogP contribution in [0.3, 0.4) is 0 Å². The molecule has 3 aromatic heterocycles. The number of hydrogen-bond donors (Lipinski definition) is 1. The predicted molar refractivity (Wildman–Crippen MR) is 112 cm³/mol. The monoisotopic (exact) mass is 426 g/mol. The van der Waals surface area contributed by atoms with Crippen LogP contribution in [0.4, 0.5) is 0 Å². The first-order chi connectivity index (χ1) is 14.2. The molecular formula is C21H22N4O4S. The normalized spacial score (nSPS) is 16.9. The van der Waals surface area contributed by atoms with Crippen LogP contribution in [-0.2, 0) is 14.3 Å². The van der Waals surface area contributed by atoms with E-state index in [1.54, 1.807) is 28.3 Å². The number of fused-ring (bicyclic) bond motifs is 1. The lowest BCUT2D eigenvalue weighted by molar-refractivity contribution is -0.140. The number of amides is 2. The van der Waals surface area contributed by atoms with E-state index in [0.717, 1.165) is 15.3 Å². The largest absolute Gasteiger partial charge is 0.449 e. The van der Waals surface area contributed by atoms with Gasteiger partial charge in [0.05, 0.1) is 22.8 Å². The number of rotatable bonds is 4. The Morgan fingerprint density at radius 1 is 1.30 bits per heavy atom. The van der Waals surface area contributed by atoms with Crippen molar-refractivity contribution in [1.29, 1.82) is 0 Å². The van der Waals surface area contributed by atoms with Crippen LogP contribution in [0.2, 0.25) is 0 Å². The van der Waals surface area contributed by atoms with Crippen LogP contribution in [-0.4, -0.2) is 38.7 Å². The summed E-state index contributed by atoms with van der Waals surface area (Å²) in [6.07, 6.45) is 0.913. The van der Waals surface area contributed by atoms with Crippen molar-refractivity contribution in [3.63, 3.8) is 0 Å². The number of aromatic nitrogens is 3. The summed E-state index contributed by atoms with van der Waals surface area (Å²) >= 11 is 1.66. The average molecular weight is 426 g/mol. The molecule has 2 amide bonds. The Kier molecular flexibility index (Phi) is 5.15. The quantitative estimate of drug-likeness (QED) is 0.507. The Hall–Kier alpha value is -3.07. The van der Waals surface area contributed by atoms with E-state index in [4.69, 9.17) is 9.72 Å². The van der Waals surface area contributed by atoms with E-state index >= 15 is 0 Å². The van der Waals surface area contributed by atoms with Gasteiger partial charge in [-0.1, -0.05) is 0 Å². The highest BCUT2D eigenvalue weighted by Gasteiger charge is 2.31. The van der Waals surface area contributed by atoms with Gasteiger partial charge in [0, 0.05) is 34.2 Å². The van der Waals surface area contributed by atoms with Gasteiger partial charge in [-0.25, -0.2) is 14.5 Å². The number of pyridine rings is 1. The summed E-state index contributed by atoms with van der Waals surface area (Å²) in [5, 5.41) is 7.17. The molecule has 1 aliphatic heterocycles. The van der Waals surface area contributed by atoms with Gasteiger partial charge in [0.1, 0.15) is 0 Å². The van der Waals surface area contributed by atoms with Crippen LogP contribution in [0, 0.1) is 13.8 Å². The predicted octanol–water partition coefficient (Wildman–Crippen LogP) is 3.32. The standard InChI is InChI=1S/C21H22N4O4S/c1-10(2)25-19-15(9-22-25)14(8-16(23-19)13-7-11(3)30-12(13)4)21(28)29-17-5-6-18(26)24-20(17)27/h7-10,17H,5-6H2,1-4H3,(H,24,26,27). The van der Waals surface area contributed by atoms with Gasteiger partial charge in [0.25, 0.3) is 5.91 Å². The van der Waals surface area contributed by atoms with Crippen molar-refractivity contribution in [2.24, 2.45) is 0 Å². The third-order valence-electron chi connectivity index (χ3n) is 5.03. The molecule has 1 saturated heterocycles. The number of imide groups is 1. The molecule has 0 saturated carbocycles. The highest BCUT2D eigenvalue weighted by atomic mass is 32.1. The van der Waals surface area contributed by atoms with E-state index in [1.165, 1.54) is 0 Å². The minimum Gasteiger partial charge on any atom is -0.449 e. The second-order valence-electron chi connectivity index (χ2n) is 7.65. The molecule has 4 rings (SSSR count). The first-order valence-corrected chi connectivity index (χ1v) is 10.6. The van der Waals surface area contributed by atoms with Gasteiger partial charge in [-0.15, -0.1) is 11.3 Å². The Morgan fingerprint density at radius 2 is 2.07 bits per heavy atom. The van der Waals surface area contributed by atoms with Crippen molar-refractivity contribution in [3.05, 3.63) is 33.6 Å². The van der Waals surface area contributed by atoms with E-state index in [1.807, 2.05) is 33.8 Å². The van der Waals surface area contributed by atoms with E-state index < -0.39 is 18.0 Å². The summed E-state index contributed by atoms with van der Waals surface area (Å²) in [6.45, 7) is 8.01. The number of thiophene rings is 1. The third-order valence-corrected chi connectivity index (χ3v) is 6.00. The fourth-order valence-electron chi connectivity index (χ4n) is 3.57. The van der Waals surface area contributed by atoms with Crippen LogP contribution in [0.25, 0.3) is 22.3 Å². The molecule has 0 bridgehead atoms. The highest BCUT2D eigenvalue weighted by molar-refractivity contribution is 7.12. The summed E-state index contributed by atoms with van der Waals surface area (Å²) < 4.78 is 7.24. The van der Waals surface area contributed by atoms with Crippen molar-refractivity contribution in [2.75, 3.05) is 0 Å². The lowest BCUT2D eigenvalue weighted by atomic mass is 10.1. The summed E-state index contributed by atoms with van der Waals surface area (Å²) in [5.74, 6) is -1.58. The molecule has 1 N–H and O–H groups in total. The van der Waals surface area contributed by atoms with Gasteiger partial charge in [-0.05, 0) is 39.8 Å². The van der Waals surface area contributed by atoms with Crippen molar-refractivity contribution < 1.29 is 19.1 Å². The maximum absolute atomic E-state index is 13.1. The van der Waals surface area contributed by atoms with E-state index in [-0.39, 0.29) is 24.8 Å². The molecule has 0 aromatic carbocycles. The maximum atomic E-state index is 13.1. The molecule has 0 aliphatic carbocycles. The Bertz CT molecular complexity index is 1180. The zero-order chi connectivity index (χ0) is 21.6. The first-order valence-electron chi connectivity index (χ1n) is 9.75. The van der Waals surface area contributed by atoms with Crippen LogP contribution >= 0.6 is 11.3 Å². The average Bonchev–Trinajstić information content (AvgIpc) is 3.25. The number of aryl methyl sites for hydroxylation is 2. The fourth-order valence-corrected chi connectivity index (χ4v) is 4.50. The molecular weight excluding hydrogens is 404 g/mol. The third kappa shape index (κ3) is 3.60.